The van der Waals surface area contributed by atoms with E-state index in [9.17, 15) is 18.5 Å². The van der Waals surface area contributed by atoms with E-state index in [1.807, 2.05) is 17.0 Å². The van der Waals surface area contributed by atoms with Gasteiger partial charge in [-0.2, -0.15) is 4.31 Å². The van der Waals surface area contributed by atoms with Crippen LogP contribution >= 0.6 is 0 Å². The van der Waals surface area contributed by atoms with Crippen molar-refractivity contribution in [3.8, 4) is 0 Å². The Morgan fingerprint density at radius 2 is 1.93 bits per heavy atom. The fourth-order valence-electron chi connectivity index (χ4n) is 4.17. The van der Waals surface area contributed by atoms with Crippen molar-refractivity contribution in [1.29, 1.82) is 0 Å². The number of non-ortho nitro benzene ring substituents is 1. The van der Waals surface area contributed by atoms with Gasteiger partial charge in [-0.15, -0.1) is 0 Å². The minimum absolute atomic E-state index is 0.0373. The van der Waals surface area contributed by atoms with Gasteiger partial charge in [0.25, 0.3) is 5.69 Å². The Bertz CT molecular complexity index is 1000. The van der Waals surface area contributed by atoms with E-state index < -0.39 is 14.9 Å². The smallest absolute Gasteiger partial charge is 0.270 e. The van der Waals surface area contributed by atoms with E-state index in [0.717, 1.165) is 18.6 Å². The first-order valence-corrected chi connectivity index (χ1v) is 11.5. The molecule has 10 heteroatoms. The molecule has 162 valence electrons. The Morgan fingerprint density at radius 1 is 1.17 bits per heavy atom. The fourth-order valence-corrected chi connectivity index (χ4v) is 5.79. The number of piperidine rings is 1. The van der Waals surface area contributed by atoms with Gasteiger partial charge in [-0.25, -0.2) is 8.42 Å². The molecule has 0 aliphatic carbocycles. The van der Waals surface area contributed by atoms with Crippen molar-refractivity contribution in [3.63, 3.8) is 0 Å². The van der Waals surface area contributed by atoms with Crippen LogP contribution in [0.25, 0.3) is 0 Å². The minimum atomic E-state index is -3.93. The molecule has 1 aromatic carbocycles. The fraction of sp³-hybridized carbons (Fsp3) is 0.500. The van der Waals surface area contributed by atoms with E-state index in [2.05, 4.69) is 6.92 Å². The molecule has 2 unspecified atom stereocenters. The molecule has 4 rings (SSSR count). The molecule has 0 radical (unpaired) electrons. The molecule has 2 fully saturated rings. The summed E-state index contributed by atoms with van der Waals surface area (Å²) >= 11 is 0. The van der Waals surface area contributed by atoms with Crippen LogP contribution in [-0.2, 0) is 14.8 Å². The molecule has 0 N–H and O–H groups in total. The topological polar surface area (TPSA) is 106 Å². The van der Waals surface area contributed by atoms with Crippen molar-refractivity contribution in [2.75, 3.05) is 37.7 Å². The maximum atomic E-state index is 13.5. The summed E-state index contributed by atoms with van der Waals surface area (Å²) in [5.74, 6) is 1.21. The summed E-state index contributed by atoms with van der Waals surface area (Å²) in [5.41, 5.74) is 0.228. The highest BCUT2D eigenvalue weighted by atomic mass is 32.2. The number of anilines is 1. The van der Waals surface area contributed by atoms with Gasteiger partial charge in [0.05, 0.1) is 36.1 Å². The lowest BCUT2D eigenvalue weighted by molar-refractivity contribution is -0.385. The van der Waals surface area contributed by atoms with Gasteiger partial charge in [0, 0.05) is 31.8 Å². The minimum Gasteiger partial charge on any atom is -0.467 e. The van der Waals surface area contributed by atoms with Crippen molar-refractivity contribution in [2.45, 2.75) is 30.7 Å². The van der Waals surface area contributed by atoms with Crippen molar-refractivity contribution < 1.29 is 22.5 Å². The van der Waals surface area contributed by atoms with E-state index >= 15 is 0 Å². The van der Waals surface area contributed by atoms with Crippen LogP contribution in [-0.4, -0.2) is 50.5 Å². The number of ether oxygens (including phenoxy) is 1. The van der Waals surface area contributed by atoms with Crippen molar-refractivity contribution >= 4 is 21.4 Å². The predicted octanol–water partition coefficient (Wildman–Crippen LogP) is 3.19. The quantitative estimate of drug-likeness (QED) is 0.524. The summed E-state index contributed by atoms with van der Waals surface area (Å²) in [6.07, 6.45) is 3.31. The highest BCUT2D eigenvalue weighted by Crippen LogP contribution is 2.41. The van der Waals surface area contributed by atoms with Crippen LogP contribution in [0.5, 0.6) is 0 Å². The Labute approximate surface area is 175 Å². The lowest BCUT2D eigenvalue weighted by Crippen LogP contribution is -2.42. The summed E-state index contributed by atoms with van der Waals surface area (Å²) in [7, 11) is -3.93. The second-order valence-electron chi connectivity index (χ2n) is 7.78. The average molecular weight is 436 g/mol. The van der Waals surface area contributed by atoms with Gasteiger partial charge >= 0.3 is 0 Å². The second-order valence-corrected chi connectivity index (χ2v) is 9.69. The molecular weight excluding hydrogens is 410 g/mol. The number of nitro groups is 1. The van der Waals surface area contributed by atoms with Crippen LogP contribution in [0.1, 0.15) is 31.6 Å². The highest BCUT2D eigenvalue weighted by Gasteiger charge is 2.36. The third-order valence-corrected chi connectivity index (χ3v) is 7.72. The van der Waals surface area contributed by atoms with Gasteiger partial charge in [-0.05, 0) is 37.0 Å². The lowest BCUT2D eigenvalue weighted by Gasteiger charge is -2.40. The third-order valence-electron chi connectivity index (χ3n) is 5.79. The van der Waals surface area contributed by atoms with E-state index in [4.69, 9.17) is 9.15 Å². The van der Waals surface area contributed by atoms with Crippen LogP contribution in [0.3, 0.4) is 0 Å². The first-order chi connectivity index (χ1) is 14.4. The number of nitrogens with zero attached hydrogens (tertiary/aromatic N) is 3. The van der Waals surface area contributed by atoms with Crippen LogP contribution < -0.4 is 4.90 Å². The summed E-state index contributed by atoms with van der Waals surface area (Å²) in [6.45, 7) is 3.86. The first-order valence-electron chi connectivity index (χ1n) is 10.0. The highest BCUT2D eigenvalue weighted by molar-refractivity contribution is 7.89. The summed E-state index contributed by atoms with van der Waals surface area (Å²) in [4.78, 5) is 12.8. The zero-order valence-electron chi connectivity index (χ0n) is 16.8. The number of furan rings is 1. The Balaban J connectivity index is 1.81. The molecule has 2 atom stereocenters. The lowest BCUT2D eigenvalue weighted by atomic mass is 9.90. The summed E-state index contributed by atoms with van der Waals surface area (Å²) in [6, 6.07) is 7.66. The first kappa shape index (κ1) is 20.8. The normalized spacial score (nSPS) is 23.4. The van der Waals surface area contributed by atoms with Crippen molar-refractivity contribution in [2.24, 2.45) is 5.92 Å². The number of morpholine rings is 1. The van der Waals surface area contributed by atoms with Gasteiger partial charge in [0.1, 0.15) is 10.7 Å². The van der Waals surface area contributed by atoms with Crippen LogP contribution in [0, 0.1) is 16.0 Å². The second kappa shape index (κ2) is 8.37. The van der Waals surface area contributed by atoms with Crippen molar-refractivity contribution in [1.82, 2.24) is 4.31 Å². The molecule has 2 aliphatic heterocycles. The molecule has 9 nitrogen and oxygen atoms in total. The van der Waals surface area contributed by atoms with Crippen molar-refractivity contribution in [3.05, 3.63) is 52.5 Å². The molecule has 2 aromatic rings. The molecule has 30 heavy (non-hydrogen) atoms. The Morgan fingerprint density at radius 3 is 2.60 bits per heavy atom. The zero-order chi connectivity index (χ0) is 21.3. The monoisotopic (exact) mass is 435 g/mol. The van der Waals surface area contributed by atoms with Crippen LogP contribution in [0.2, 0.25) is 0 Å². The number of hydrogen-bond acceptors (Lipinski definition) is 7. The molecule has 3 heterocycles. The maximum absolute atomic E-state index is 13.5. The third kappa shape index (κ3) is 3.94. The molecule has 0 bridgehead atoms. The molecule has 0 amide bonds. The predicted molar refractivity (Wildman–Crippen MR) is 110 cm³/mol. The maximum Gasteiger partial charge on any atom is 0.270 e. The van der Waals surface area contributed by atoms with Gasteiger partial charge in [0.15, 0.2) is 0 Å². The molecular formula is C20H25N3O6S. The average Bonchev–Trinajstić information content (AvgIpc) is 3.29. The van der Waals surface area contributed by atoms with Gasteiger partial charge in [0.2, 0.25) is 10.0 Å². The summed E-state index contributed by atoms with van der Waals surface area (Å²) in [5, 5.41) is 11.4. The summed E-state index contributed by atoms with van der Waals surface area (Å²) < 4.78 is 39.2. The van der Waals surface area contributed by atoms with Gasteiger partial charge in [-0.1, -0.05) is 6.92 Å². The molecule has 0 saturated carbocycles. The van der Waals surface area contributed by atoms with E-state index in [1.54, 1.807) is 12.3 Å². The molecule has 1 aromatic heterocycles. The van der Waals surface area contributed by atoms with Gasteiger partial charge < -0.3 is 14.1 Å². The largest absolute Gasteiger partial charge is 0.467 e. The molecule has 2 saturated heterocycles. The standard InChI is InChI=1S/C20H25N3O6S/c1-15-6-7-22(18(13-15)19-3-2-10-29-19)17-5-4-16(23(24)25)14-20(17)30(26,27)21-8-11-28-12-9-21/h2-5,10,14-15,18H,6-9,11-13H2,1H3. The number of hydrogen-bond donors (Lipinski definition) is 0. The molecule has 2 aliphatic rings. The number of rotatable bonds is 5. The number of sulfonamides is 1. The Hall–Kier alpha value is -2.43. The van der Waals surface area contributed by atoms with Crippen LogP contribution in [0.15, 0.2) is 45.9 Å². The number of nitro benzene ring substituents is 1. The SMILES string of the molecule is CC1CCN(c2ccc([N+](=O)[O-])cc2S(=O)(=O)N2CCOCC2)C(c2ccco2)C1. The molecule has 0 spiro atoms. The van der Waals surface area contributed by atoms with Crippen LogP contribution in [0.4, 0.5) is 11.4 Å². The zero-order valence-corrected chi connectivity index (χ0v) is 17.6. The Kier molecular flexibility index (Phi) is 5.81. The van der Waals surface area contributed by atoms with Gasteiger partial charge in [-0.3, -0.25) is 10.1 Å². The number of benzene rings is 1. The van der Waals surface area contributed by atoms with E-state index in [1.165, 1.54) is 16.4 Å². The van der Waals surface area contributed by atoms with E-state index in [-0.39, 0.29) is 29.7 Å². The van der Waals surface area contributed by atoms with E-state index in [0.29, 0.717) is 31.4 Å².